The van der Waals surface area contributed by atoms with E-state index in [2.05, 4.69) is 13.8 Å². The van der Waals surface area contributed by atoms with Gasteiger partial charge in [0.05, 0.1) is 25.7 Å². The molecule has 0 amide bonds. The lowest BCUT2D eigenvalue weighted by Crippen LogP contribution is -2.50. The van der Waals surface area contributed by atoms with Gasteiger partial charge in [-0.05, 0) is 26.2 Å². The highest BCUT2D eigenvalue weighted by molar-refractivity contribution is 4.59. The minimum atomic E-state index is -0.0900. The summed E-state index contributed by atoms with van der Waals surface area (Å²) in [7, 11) is 0. The van der Waals surface area contributed by atoms with Crippen molar-refractivity contribution in [2.45, 2.75) is 123 Å². The first-order valence-electron chi connectivity index (χ1n) is 11.4. The molecule has 2 atom stereocenters. The van der Waals surface area contributed by atoms with Gasteiger partial charge in [0.2, 0.25) is 0 Å². The normalized spacial score (nSPS) is 15.2. The third-order valence-corrected chi connectivity index (χ3v) is 5.59. The standard InChI is InChI=1S/C22H48N2O/c1-4-7-8-9-10-11-12-13-14-15-16-17-18-19-20-24(25,6-3)21-22(23)5-2/h22H,4-21,23H2,1-3H3. The number of nitrogens with two attached hydrogens (primary N) is 1. The monoisotopic (exact) mass is 356 g/mol. The fourth-order valence-electron chi connectivity index (χ4n) is 3.53. The number of hydrogen-bond acceptors (Lipinski definition) is 2. The number of quaternary nitrogens is 1. The number of unbranched alkanes of at least 4 members (excludes halogenated alkanes) is 13. The van der Waals surface area contributed by atoms with Crippen molar-refractivity contribution < 1.29 is 4.65 Å². The molecule has 0 aliphatic carbocycles. The van der Waals surface area contributed by atoms with E-state index in [0.717, 1.165) is 19.4 Å². The van der Waals surface area contributed by atoms with E-state index in [0.29, 0.717) is 13.1 Å². The first kappa shape index (κ1) is 24.9. The summed E-state index contributed by atoms with van der Waals surface area (Å²) in [5.74, 6) is 0. The number of nitrogens with zero attached hydrogens (tertiary/aromatic N) is 1. The second kappa shape index (κ2) is 17.3. The third-order valence-electron chi connectivity index (χ3n) is 5.59. The van der Waals surface area contributed by atoms with E-state index in [4.69, 9.17) is 5.73 Å². The summed E-state index contributed by atoms with van der Waals surface area (Å²) >= 11 is 0. The van der Waals surface area contributed by atoms with Gasteiger partial charge in [0.25, 0.3) is 0 Å². The van der Waals surface area contributed by atoms with Gasteiger partial charge in [0.1, 0.15) is 0 Å². The summed E-state index contributed by atoms with van der Waals surface area (Å²) in [5.41, 5.74) is 5.97. The molecule has 3 nitrogen and oxygen atoms in total. The Kier molecular flexibility index (Phi) is 17.2. The fourth-order valence-corrected chi connectivity index (χ4v) is 3.53. The lowest BCUT2D eigenvalue weighted by Gasteiger charge is -2.43. The zero-order valence-corrected chi connectivity index (χ0v) is 17.7. The van der Waals surface area contributed by atoms with Crippen molar-refractivity contribution in [2.24, 2.45) is 5.73 Å². The molecule has 25 heavy (non-hydrogen) atoms. The quantitative estimate of drug-likeness (QED) is 0.162. The van der Waals surface area contributed by atoms with Crippen LogP contribution in [-0.2, 0) is 0 Å². The zero-order chi connectivity index (χ0) is 18.8. The summed E-state index contributed by atoms with van der Waals surface area (Å²) < 4.78 is -0.0900. The summed E-state index contributed by atoms with van der Waals surface area (Å²) in [6.45, 7) is 8.35. The molecular formula is C22H48N2O. The maximum Gasteiger partial charge on any atom is 0.0937 e. The summed E-state index contributed by atoms with van der Waals surface area (Å²) in [6.07, 6.45) is 19.9. The molecule has 0 radical (unpaired) electrons. The molecule has 0 aromatic carbocycles. The van der Waals surface area contributed by atoms with E-state index in [-0.39, 0.29) is 10.7 Å². The molecule has 3 heteroatoms. The van der Waals surface area contributed by atoms with Gasteiger partial charge in [0, 0.05) is 0 Å². The van der Waals surface area contributed by atoms with Crippen molar-refractivity contribution >= 4 is 0 Å². The van der Waals surface area contributed by atoms with Gasteiger partial charge in [-0.3, -0.25) is 0 Å². The van der Waals surface area contributed by atoms with Crippen LogP contribution in [0.25, 0.3) is 0 Å². The smallest absolute Gasteiger partial charge is 0.0937 e. The van der Waals surface area contributed by atoms with Crippen LogP contribution in [0.4, 0.5) is 0 Å². The Labute approximate surface area is 158 Å². The number of rotatable bonds is 19. The maximum atomic E-state index is 12.6. The van der Waals surface area contributed by atoms with Crippen molar-refractivity contribution in [1.29, 1.82) is 0 Å². The lowest BCUT2D eigenvalue weighted by molar-refractivity contribution is -0.880. The van der Waals surface area contributed by atoms with Crippen molar-refractivity contribution in [1.82, 2.24) is 0 Å². The van der Waals surface area contributed by atoms with Gasteiger partial charge >= 0.3 is 0 Å². The number of hydroxylamine groups is 3. The highest BCUT2D eigenvalue weighted by Gasteiger charge is 2.17. The molecule has 152 valence electrons. The fraction of sp³-hybridized carbons (Fsp3) is 1.00. The Balaban J connectivity index is 3.37. The minimum Gasteiger partial charge on any atom is -0.633 e. The molecule has 0 aromatic heterocycles. The van der Waals surface area contributed by atoms with E-state index in [1.807, 2.05) is 6.92 Å². The molecule has 0 saturated carbocycles. The van der Waals surface area contributed by atoms with E-state index in [1.165, 1.54) is 83.5 Å². The molecule has 0 spiro atoms. The Bertz CT molecular complexity index is 273. The third kappa shape index (κ3) is 15.8. The zero-order valence-electron chi connectivity index (χ0n) is 17.7. The van der Waals surface area contributed by atoms with Crippen molar-refractivity contribution in [3.8, 4) is 0 Å². The van der Waals surface area contributed by atoms with Crippen LogP contribution in [0, 0.1) is 5.21 Å². The molecule has 0 rings (SSSR count). The van der Waals surface area contributed by atoms with Crippen LogP contribution < -0.4 is 5.73 Å². The van der Waals surface area contributed by atoms with Crippen LogP contribution in [0.5, 0.6) is 0 Å². The topological polar surface area (TPSA) is 49.1 Å². The van der Waals surface area contributed by atoms with Crippen LogP contribution in [0.2, 0.25) is 0 Å². The van der Waals surface area contributed by atoms with Crippen LogP contribution in [0.3, 0.4) is 0 Å². The molecule has 0 fully saturated rings. The van der Waals surface area contributed by atoms with E-state index in [9.17, 15) is 5.21 Å². The molecule has 2 N–H and O–H groups in total. The molecule has 0 aliphatic rings. The van der Waals surface area contributed by atoms with Gasteiger partial charge in [-0.15, -0.1) is 0 Å². The summed E-state index contributed by atoms with van der Waals surface area (Å²) in [4.78, 5) is 0. The largest absolute Gasteiger partial charge is 0.633 e. The predicted octanol–water partition coefficient (Wildman–Crippen LogP) is 6.54. The van der Waals surface area contributed by atoms with Crippen LogP contribution >= 0.6 is 0 Å². The van der Waals surface area contributed by atoms with Crippen LogP contribution in [0.15, 0.2) is 0 Å². The van der Waals surface area contributed by atoms with Crippen LogP contribution in [-0.4, -0.2) is 30.3 Å². The maximum absolute atomic E-state index is 12.6. The van der Waals surface area contributed by atoms with E-state index < -0.39 is 0 Å². The van der Waals surface area contributed by atoms with Gasteiger partial charge < -0.3 is 15.6 Å². The Morgan fingerprint density at radius 2 is 1.08 bits per heavy atom. The molecule has 0 aliphatic heterocycles. The molecular weight excluding hydrogens is 308 g/mol. The second-order valence-electron chi connectivity index (χ2n) is 8.05. The van der Waals surface area contributed by atoms with Gasteiger partial charge in [0.15, 0.2) is 0 Å². The molecule has 0 bridgehead atoms. The van der Waals surface area contributed by atoms with Crippen LogP contribution in [0.1, 0.15) is 117 Å². The SMILES string of the molecule is CCCCCCCCCCCCCCCC[N+]([O-])(CC)CC(N)CC. The first-order chi connectivity index (χ1) is 12.1. The lowest BCUT2D eigenvalue weighted by atomic mass is 10.0. The van der Waals surface area contributed by atoms with Gasteiger partial charge in [-0.1, -0.05) is 90.9 Å². The predicted molar refractivity (Wildman–Crippen MR) is 112 cm³/mol. The molecule has 0 heterocycles. The molecule has 0 saturated heterocycles. The van der Waals surface area contributed by atoms with E-state index >= 15 is 0 Å². The highest BCUT2D eigenvalue weighted by atomic mass is 16.5. The van der Waals surface area contributed by atoms with E-state index in [1.54, 1.807) is 0 Å². The Hall–Kier alpha value is -0.120. The summed E-state index contributed by atoms with van der Waals surface area (Å²) in [6, 6.07) is 0.0593. The first-order valence-corrected chi connectivity index (χ1v) is 11.4. The van der Waals surface area contributed by atoms with Crippen molar-refractivity contribution in [2.75, 3.05) is 19.6 Å². The average molecular weight is 357 g/mol. The number of likely N-dealkylation sites (N-methyl/N-ethyl adjacent to an activating group) is 1. The summed E-state index contributed by atoms with van der Waals surface area (Å²) in [5, 5.41) is 12.6. The Morgan fingerprint density at radius 3 is 1.44 bits per heavy atom. The van der Waals surface area contributed by atoms with Gasteiger partial charge in [-0.2, -0.15) is 0 Å². The molecule has 2 unspecified atom stereocenters. The van der Waals surface area contributed by atoms with Crippen molar-refractivity contribution in [3.05, 3.63) is 5.21 Å². The highest BCUT2D eigenvalue weighted by Crippen LogP contribution is 2.14. The van der Waals surface area contributed by atoms with Gasteiger partial charge in [-0.25, -0.2) is 0 Å². The Morgan fingerprint density at radius 1 is 0.680 bits per heavy atom. The average Bonchev–Trinajstić information content (AvgIpc) is 2.61. The number of hydrogen-bond donors (Lipinski definition) is 1. The second-order valence-corrected chi connectivity index (χ2v) is 8.05. The molecule has 0 aromatic rings. The minimum absolute atomic E-state index is 0.0593. The van der Waals surface area contributed by atoms with Crippen molar-refractivity contribution in [3.63, 3.8) is 0 Å².